The van der Waals surface area contributed by atoms with Crippen LogP contribution >= 0.6 is 0 Å². The number of hydrogen-bond donors (Lipinski definition) is 2. The van der Waals surface area contributed by atoms with Crippen LogP contribution in [-0.2, 0) is 10.0 Å². The first kappa shape index (κ1) is 14.9. The van der Waals surface area contributed by atoms with Gasteiger partial charge >= 0.3 is 5.97 Å². The summed E-state index contributed by atoms with van der Waals surface area (Å²) in [5.74, 6) is -1.97. The maximum atomic E-state index is 13.2. The molecule has 0 saturated heterocycles. The summed E-state index contributed by atoms with van der Waals surface area (Å²) in [6.45, 7) is 0. The third-order valence-corrected chi connectivity index (χ3v) is 3.48. The number of primary sulfonamides is 1. The first-order valence-electron chi connectivity index (χ1n) is 5.61. The molecule has 0 fully saturated rings. The lowest BCUT2D eigenvalue weighted by molar-refractivity contribution is 0.0694. The third kappa shape index (κ3) is 3.56. The van der Waals surface area contributed by atoms with Gasteiger partial charge in [0.15, 0.2) is 0 Å². The molecule has 0 aliphatic carbocycles. The van der Waals surface area contributed by atoms with Gasteiger partial charge in [-0.15, -0.1) is 0 Å². The van der Waals surface area contributed by atoms with Crippen LogP contribution in [0.4, 0.5) is 4.39 Å². The summed E-state index contributed by atoms with van der Waals surface area (Å²) < 4.78 is 40.6. The van der Waals surface area contributed by atoms with Gasteiger partial charge in [0.1, 0.15) is 22.9 Å². The Kier molecular flexibility index (Phi) is 3.92. The summed E-state index contributed by atoms with van der Waals surface area (Å²) in [4.78, 5) is 10.9. The molecule has 2 aromatic rings. The van der Waals surface area contributed by atoms with E-state index in [1.807, 2.05) is 0 Å². The normalized spacial score (nSPS) is 11.1. The predicted molar refractivity (Wildman–Crippen MR) is 71.2 cm³/mol. The Balaban J connectivity index is 2.34. The van der Waals surface area contributed by atoms with E-state index in [1.54, 1.807) is 0 Å². The predicted octanol–water partition coefficient (Wildman–Crippen LogP) is 1.96. The molecule has 0 atom stereocenters. The smallest absolute Gasteiger partial charge is 0.339 e. The zero-order valence-electron chi connectivity index (χ0n) is 10.5. The SMILES string of the molecule is NS(=O)(=O)c1ccc(Oc2cc(F)ccc2C(=O)O)cc1. The maximum absolute atomic E-state index is 13.2. The van der Waals surface area contributed by atoms with Crippen molar-refractivity contribution in [1.82, 2.24) is 0 Å². The summed E-state index contributed by atoms with van der Waals surface area (Å²) in [7, 11) is -3.83. The molecule has 8 heteroatoms. The Bertz CT molecular complexity index is 787. The molecule has 21 heavy (non-hydrogen) atoms. The minimum absolute atomic E-state index is 0.118. The number of rotatable bonds is 4. The molecule has 0 saturated carbocycles. The number of carboxylic acids is 1. The fourth-order valence-corrected chi connectivity index (χ4v) is 2.10. The number of sulfonamides is 1. The molecule has 0 radical (unpaired) electrons. The summed E-state index contributed by atoms with van der Waals surface area (Å²) in [6, 6.07) is 7.98. The van der Waals surface area contributed by atoms with E-state index in [9.17, 15) is 17.6 Å². The monoisotopic (exact) mass is 311 g/mol. The van der Waals surface area contributed by atoms with Crippen molar-refractivity contribution in [3.63, 3.8) is 0 Å². The number of hydrogen-bond acceptors (Lipinski definition) is 4. The molecule has 2 rings (SSSR count). The third-order valence-electron chi connectivity index (χ3n) is 2.55. The Morgan fingerprint density at radius 2 is 1.76 bits per heavy atom. The topological polar surface area (TPSA) is 107 Å². The Labute approximate surface area is 119 Å². The highest BCUT2D eigenvalue weighted by atomic mass is 32.2. The minimum Gasteiger partial charge on any atom is -0.478 e. The maximum Gasteiger partial charge on any atom is 0.339 e. The lowest BCUT2D eigenvalue weighted by atomic mass is 10.2. The Hall–Kier alpha value is -2.45. The second kappa shape index (κ2) is 5.51. The highest BCUT2D eigenvalue weighted by Crippen LogP contribution is 2.27. The molecular weight excluding hydrogens is 301 g/mol. The Morgan fingerprint density at radius 3 is 2.29 bits per heavy atom. The van der Waals surface area contributed by atoms with Gasteiger partial charge in [-0.25, -0.2) is 22.7 Å². The largest absolute Gasteiger partial charge is 0.478 e. The number of aromatic carboxylic acids is 1. The van der Waals surface area contributed by atoms with Crippen molar-refractivity contribution in [2.75, 3.05) is 0 Å². The molecule has 3 N–H and O–H groups in total. The zero-order valence-corrected chi connectivity index (χ0v) is 11.3. The number of nitrogens with two attached hydrogens (primary N) is 1. The van der Waals surface area contributed by atoms with E-state index in [4.69, 9.17) is 15.0 Å². The fourth-order valence-electron chi connectivity index (χ4n) is 1.58. The van der Waals surface area contributed by atoms with Gasteiger partial charge in [-0.1, -0.05) is 0 Å². The van der Waals surface area contributed by atoms with Crippen LogP contribution in [0.1, 0.15) is 10.4 Å². The highest BCUT2D eigenvalue weighted by Gasteiger charge is 2.14. The summed E-state index contributed by atoms with van der Waals surface area (Å²) in [6.07, 6.45) is 0. The van der Waals surface area contributed by atoms with Crippen molar-refractivity contribution in [2.45, 2.75) is 4.90 Å². The number of ether oxygens (including phenoxy) is 1. The van der Waals surface area contributed by atoms with Gasteiger partial charge in [-0.2, -0.15) is 0 Å². The summed E-state index contributed by atoms with van der Waals surface area (Å²) in [5, 5.41) is 13.9. The van der Waals surface area contributed by atoms with E-state index in [1.165, 1.54) is 24.3 Å². The quantitative estimate of drug-likeness (QED) is 0.897. The molecule has 0 aliphatic heterocycles. The number of carbonyl (C=O) groups is 1. The van der Waals surface area contributed by atoms with Gasteiger partial charge in [0, 0.05) is 6.07 Å². The van der Waals surface area contributed by atoms with E-state index in [0.29, 0.717) is 0 Å². The molecule has 0 aromatic heterocycles. The molecule has 0 amide bonds. The Morgan fingerprint density at radius 1 is 1.14 bits per heavy atom. The van der Waals surface area contributed by atoms with Gasteiger partial charge in [0.2, 0.25) is 10.0 Å². The number of benzene rings is 2. The molecule has 0 aliphatic rings. The number of carboxylic acid groups (broad SMARTS) is 1. The molecule has 0 unspecified atom stereocenters. The molecule has 0 bridgehead atoms. The van der Waals surface area contributed by atoms with Crippen LogP contribution in [-0.4, -0.2) is 19.5 Å². The second-order valence-corrected chi connectivity index (χ2v) is 5.63. The molecule has 110 valence electrons. The molecule has 0 spiro atoms. The van der Waals surface area contributed by atoms with Crippen LogP contribution in [0.5, 0.6) is 11.5 Å². The lowest BCUT2D eigenvalue weighted by Crippen LogP contribution is -2.11. The summed E-state index contributed by atoms with van der Waals surface area (Å²) in [5.41, 5.74) is -0.216. The van der Waals surface area contributed by atoms with Gasteiger partial charge < -0.3 is 9.84 Å². The van der Waals surface area contributed by atoms with Gasteiger partial charge in [0.25, 0.3) is 0 Å². The standard InChI is InChI=1S/C13H10FNO5S/c14-8-1-6-11(13(16)17)12(7-8)20-9-2-4-10(5-3-9)21(15,18)19/h1-7H,(H,16,17)(H2,15,18,19). The first-order chi connectivity index (χ1) is 9.77. The summed E-state index contributed by atoms with van der Waals surface area (Å²) >= 11 is 0. The zero-order chi connectivity index (χ0) is 15.6. The second-order valence-electron chi connectivity index (χ2n) is 4.06. The van der Waals surface area contributed by atoms with Crippen LogP contribution in [0.25, 0.3) is 0 Å². The molecule has 6 nitrogen and oxygen atoms in total. The van der Waals surface area contributed by atoms with E-state index >= 15 is 0 Å². The lowest BCUT2D eigenvalue weighted by Gasteiger charge is -2.09. The van der Waals surface area contributed by atoms with Crippen molar-refractivity contribution < 1.29 is 27.4 Å². The average Bonchev–Trinajstić information content (AvgIpc) is 2.38. The van der Waals surface area contributed by atoms with E-state index in [0.717, 1.165) is 18.2 Å². The average molecular weight is 311 g/mol. The van der Waals surface area contributed by atoms with Gasteiger partial charge in [0.05, 0.1) is 4.90 Å². The van der Waals surface area contributed by atoms with Crippen molar-refractivity contribution in [2.24, 2.45) is 5.14 Å². The van der Waals surface area contributed by atoms with Gasteiger partial charge in [-0.3, -0.25) is 0 Å². The van der Waals surface area contributed by atoms with Crippen LogP contribution in [0.15, 0.2) is 47.4 Å². The number of halogens is 1. The minimum atomic E-state index is -3.83. The molecule has 2 aromatic carbocycles. The van der Waals surface area contributed by atoms with Gasteiger partial charge in [-0.05, 0) is 36.4 Å². The van der Waals surface area contributed by atoms with Crippen LogP contribution in [0, 0.1) is 5.82 Å². The van der Waals surface area contributed by atoms with Crippen molar-refractivity contribution in [3.8, 4) is 11.5 Å². The van der Waals surface area contributed by atoms with Crippen LogP contribution in [0.3, 0.4) is 0 Å². The van der Waals surface area contributed by atoms with E-state index in [-0.39, 0.29) is 22.0 Å². The fraction of sp³-hybridized carbons (Fsp3) is 0. The van der Waals surface area contributed by atoms with Crippen molar-refractivity contribution >= 4 is 16.0 Å². The van der Waals surface area contributed by atoms with E-state index < -0.39 is 21.8 Å². The van der Waals surface area contributed by atoms with Crippen molar-refractivity contribution in [1.29, 1.82) is 0 Å². The van der Waals surface area contributed by atoms with E-state index in [2.05, 4.69) is 0 Å². The van der Waals surface area contributed by atoms with Crippen LogP contribution < -0.4 is 9.88 Å². The molecule has 0 heterocycles. The van der Waals surface area contributed by atoms with Crippen molar-refractivity contribution in [3.05, 3.63) is 53.8 Å². The molecular formula is C13H10FNO5S. The highest BCUT2D eigenvalue weighted by molar-refractivity contribution is 7.89. The van der Waals surface area contributed by atoms with Crippen LogP contribution in [0.2, 0.25) is 0 Å². The first-order valence-corrected chi connectivity index (χ1v) is 7.15.